The van der Waals surface area contributed by atoms with E-state index in [4.69, 9.17) is 0 Å². The van der Waals surface area contributed by atoms with Crippen LogP contribution in [0.1, 0.15) is 31.9 Å². The third-order valence-electron chi connectivity index (χ3n) is 3.87. The minimum Gasteiger partial charge on any atom is -0.389 e. The van der Waals surface area contributed by atoms with Gasteiger partial charge < -0.3 is 10.4 Å². The van der Waals surface area contributed by atoms with Gasteiger partial charge >= 0.3 is 0 Å². The average Bonchev–Trinajstić information content (AvgIpc) is 2.79. The molecule has 2 N–H and O–H groups in total. The molecule has 0 saturated carbocycles. The summed E-state index contributed by atoms with van der Waals surface area (Å²) in [6, 6.07) is 7.08. The molecule has 1 aliphatic rings. The van der Waals surface area contributed by atoms with Crippen LogP contribution < -0.4 is 5.32 Å². The van der Waals surface area contributed by atoms with Crippen LogP contribution in [0.25, 0.3) is 0 Å². The topological polar surface area (TPSA) is 69.6 Å². The molecule has 1 heterocycles. The smallest absolute Gasteiger partial charge is 0.243 e. The Kier molecular flexibility index (Phi) is 4.20. The van der Waals surface area contributed by atoms with E-state index in [1.807, 2.05) is 26.1 Å². The highest BCUT2D eigenvalue weighted by molar-refractivity contribution is 7.89. The Morgan fingerprint density at radius 1 is 1.35 bits per heavy atom. The Labute approximate surface area is 120 Å². The van der Waals surface area contributed by atoms with Crippen LogP contribution >= 0.6 is 0 Å². The van der Waals surface area contributed by atoms with Crippen molar-refractivity contribution in [3.63, 3.8) is 0 Å². The second kappa shape index (κ2) is 5.44. The van der Waals surface area contributed by atoms with E-state index >= 15 is 0 Å². The monoisotopic (exact) mass is 298 g/mol. The van der Waals surface area contributed by atoms with Crippen molar-refractivity contribution in [3.8, 4) is 0 Å². The van der Waals surface area contributed by atoms with E-state index in [9.17, 15) is 13.5 Å². The van der Waals surface area contributed by atoms with Gasteiger partial charge in [-0.15, -0.1) is 0 Å². The van der Waals surface area contributed by atoms with Gasteiger partial charge in [-0.05, 0) is 45.0 Å². The standard InChI is InChI=1S/C14H22N2O3S/c1-11(15-3)12-4-6-13(7-5-12)20(18,19)16-9-8-14(2,17)10-16/h4-7,11,15,17H,8-10H2,1-3H3. The van der Waals surface area contributed by atoms with Crippen LogP contribution in [0.15, 0.2) is 29.2 Å². The van der Waals surface area contributed by atoms with Gasteiger partial charge in [0, 0.05) is 19.1 Å². The zero-order valence-electron chi connectivity index (χ0n) is 12.1. The number of nitrogens with one attached hydrogen (secondary N) is 1. The first-order valence-corrected chi connectivity index (χ1v) is 8.20. The van der Waals surface area contributed by atoms with Gasteiger partial charge in [0.05, 0.1) is 10.5 Å². The summed E-state index contributed by atoms with van der Waals surface area (Å²) in [5, 5.41) is 13.0. The molecule has 2 rings (SSSR count). The summed E-state index contributed by atoms with van der Waals surface area (Å²) in [5.41, 5.74) is 0.119. The van der Waals surface area contributed by atoms with Crippen LogP contribution in [0, 0.1) is 0 Å². The van der Waals surface area contributed by atoms with Crippen molar-refractivity contribution in [1.82, 2.24) is 9.62 Å². The number of rotatable bonds is 4. The Morgan fingerprint density at radius 3 is 2.40 bits per heavy atom. The molecule has 0 amide bonds. The lowest BCUT2D eigenvalue weighted by atomic mass is 10.1. The molecular weight excluding hydrogens is 276 g/mol. The first-order chi connectivity index (χ1) is 9.26. The molecule has 20 heavy (non-hydrogen) atoms. The molecule has 5 nitrogen and oxygen atoms in total. The van der Waals surface area contributed by atoms with Crippen molar-refractivity contribution in [3.05, 3.63) is 29.8 Å². The molecule has 1 fully saturated rings. The summed E-state index contributed by atoms with van der Waals surface area (Å²) in [6.07, 6.45) is 0.473. The fourth-order valence-electron chi connectivity index (χ4n) is 2.35. The van der Waals surface area contributed by atoms with Crippen molar-refractivity contribution < 1.29 is 13.5 Å². The van der Waals surface area contributed by atoms with E-state index in [2.05, 4.69) is 5.32 Å². The van der Waals surface area contributed by atoms with Crippen molar-refractivity contribution in [2.75, 3.05) is 20.1 Å². The normalized spacial score (nSPS) is 25.8. The molecule has 6 heteroatoms. The van der Waals surface area contributed by atoms with E-state index in [0.29, 0.717) is 13.0 Å². The molecule has 2 atom stereocenters. The molecule has 1 aliphatic heterocycles. The Balaban J connectivity index is 2.22. The number of benzene rings is 1. The molecular formula is C14H22N2O3S. The maximum atomic E-state index is 12.5. The lowest BCUT2D eigenvalue weighted by molar-refractivity contribution is 0.0762. The highest BCUT2D eigenvalue weighted by Crippen LogP contribution is 2.27. The lowest BCUT2D eigenvalue weighted by Gasteiger charge is -2.19. The van der Waals surface area contributed by atoms with Gasteiger partial charge in [0.1, 0.15) is 0 Å². The zero-order chi connectivity index (χ0) is 15.0. The van der Waals surface area contributed by atoms with Crippen molar-refractivity contribution >= 4 is 10.0 Å². The summed E-state index contributed by atoms with van der Waals surface area (Å²) < 4.78 is 26.3. The Morgan fingerprint density at radius 2 is 1.95 bits per heavy atom. The lowest BCUT2D eigenvalue weighted by Crippen LogP contribution is -2.33. The molecule has 0 aromatic heterocycles. The summed E-state index contributed by atoms with van der Waals surface area (Å²) >= 11 is 0. The third-order valence-corrected chi connectivity index (χ3v) is 5.73. The van der Waals surface area contributed by atoms with E-state index in [0.717, 1.165) is 5.56 Å². The maximum absolute atomic E-state index is 12.5. The number of hydrogen-bond donors (Lipinski definition) is 2. The Bertz CT molecular complexity index is 567. The van der Waals surface area contributed by atoms with E-state index in [1.165, 1.54) is 4.31 Å². The summed E-state index contributed by atoms with van der Waals surface area (Å²) in [5.74, 6) is 0. The fraction of sp³-hybridized carbons (Fsp3) is 0.571. The predicted molar refractivity (Wildman–Crippen MR) is 77.9 cm³/mol. The molecule has 1 aromatic rings. The SMILES string of the molecule is CNC(C)c1ccc(S(=O)(=O)N2CCC(C)(O)C2)cc1. The Hall–Kier alpha value is -0.950. The van der Waals surface area contributed by atoms with Gasteiger partial charge in [-0.1, -0.05) is 12.1 Å². The molecule has 0 radical (unpaired) electrons. The average molecular weight is 298 g/mol. The summed E-state index contributed by atoms with van der Waals surface area (Å²) in [4.78, 5) is 0.280. The van der Waals surface area contributed by atoms with Gasteiger partial charge in [0.2, 0.25) is 10.0 Å². The van der Waals surface area contributed by atoms with Crippen LogP contribution in [0.4, 0.5) is 0 Å². The van der Waals surface area contributed by atoms with Gasteiger partial charge in [0.25, 0.3) is 0 Å². The van der Waals surface area contributed by atoms with Crippen molar-refractivity contribution in [2.45, 2.75) is 36.8 Å². The van der Waals surface area contributed by atoms with Crippen LogP contribution in [-0.2, 0) is 10.0 Å². The van der Waals surface area contributed by atoms with Crippen LogP contribution in [0.3, 0.4) is 0 Å². The molecule has 1 saturated heterocycles. The third kappa shape index (κ3) is 3.03. The molecule has 112 valence electrons. The number of aliphatic hydroxyl groups is 1. The number of hydrogen-bond acceptors (Lipinski definition) is 4. The highest BCUT2D eigenvalue weighted by Gasteiger charge is 2.38. The summed E-state index contributed by atoms with van der Waals surface area (Å²) in [6.45, 7) is 4.20. The second-order valence-electron chi connectivity index (χ2n) is 5.66. The van der Waals surface area contributed by atoms with Crippen LogP contribution in [0.2, 0.25) is 0 Å². The molecule has 0 bridgehead atoms. The van der Waals surface area contributed by atoms with E-state index < -0.39 is 15.6 Å². The number of β-amino-alcohol motifs (C(OH)–C–C–N with tert-alkyl or cyclic N) is 1. The molecule has 0 aliphatic carbocycles. The van der Waals surface area contributed by atoms with Crippen LogP contribution in [0.5, 0.6) is 0 Å². The van der Waals surface area contributed by atoms with E-state index in [1.54, 1.807) is 19.1 Å². The fourth-order valence-corrected chi connectivity index (χ4v) is 3.91. The van der Waals surface area contributed by atoms with Gasteiger partial charge in [-0.25, -0.2) is 8.42 Å². The minimum atomic E-state index is -3.51. The van der Waals surface area contributed by atoms with Crippen LogP contribution in [-0.4, -0.2) is 43.6 Å². The minimum absolute atomic E-state index is 0.157. The van der Waals surface area contributed by atoms with E-state index in [-0.39, 0.29) is 17.5 Å². The first-order valence-electron chi connectivity index (χ1n) is 6.76. The van der Waals surface area contributed by atoms with Crippen molar-refractivity contribution in [1.29, 1.82) is 0 Å². The maximum Gasteiger partial charge on any atom is 0.243 e. The number of nitrogens with zero attached hydrogens (tertiary/aromatic N) is 1. The highest BCUT2D eigenvalue weighted by atomic mass is 32.2. The van der Waals surface area contributed by atoms with Gasteiger partial charge in [0.15, 0.2) is 0 Å². The quantitative estimate of drug-likeness (QED) is 0.874. The largest absolute Gasteiger partial charge is 0.389 e. The molecule has 1 aromatic carbocycles. The van der Waals surface area contributed by atoms with Gasteiger partial charge in [-0.2, -0.15) is 4.31 Å². The molecule has 2 unspecified atom stereocenters. The zero-order valence-corrected chi connectivity index (χ0v) is 12.9. The number of sulfonamides is 1. The van der Waals surface area contributed by atoms with Gasteiger partial charge in [-0.3, -0.25) is 0 Å². The predicted octanol–water partition coefficient (Wildman–Crippen LogP) is 1.11. The van der Waals surface area contributed by atoms with Crippen molar-refractivity contribution in [2.24, 2.45) is 0 Å². The molecule has 0 spiro atoms. The summed E-state index contributed by atoms with van der Waals surface area (Å²) in [7, 11) is -1.64. The second-order valence-corrected chi connectivity index (χ2v) is 7.60. The first kappa shape index (κ1) is 15.4.